The van der Waals surface area contributed by atoms with E-state index in [1.165, 1.54) is 0 Å². The van der Waals surface area contributed by atoms with Crippen LogP contribution in [0, 0.1) is 0 Å². The molecule has 144 valence electrons. The van der Waals surface area contributed by atoms with Crippen LogP contribution in [0.4, 0.5) is 16.2 Å². The predicted molar refractivity (Wildman–Crippen MR) is 109 cm³/mol. The largest absolute Gasteiger partial charge is 0.322 e. The van der Waals surface area contributed by atoms with Crippen molar-refractivity contribution in [3.63, 3.8) is 0 Å². The van der Waals surface area contributed by atoms with E-state index in [1.54, 1.807) is 35.2 Å². The second kappa shape index (κ2) is 7.58. The molecule has 2 amide bonds. The number of nitrogens with one attached hydrogen (secondary N) is 2. The van der Waals surface area contributed by atoms with Crippen molar-refractivity contribution in [1.82, 2.24) is 4.90 Å². The SMILES string of the molecule is C[C@H]1c2cccc(NS(C)(=O)=O)c2CCN1C(=O)Nc1c(Cl)cccc1Cl. The third-order valence-electron chi connectivity index (χ3n) is 4.48. The fourth-order valence-electron chi connectivity index (χ4n) is 3.24. The molecule has 0 bridgehead atoms. The second-order valence-electron chi connectivity index (χ2n) is 6.39. The molecule has 0 aromatic heterocycles. The highest BCUT2D eigenvalue weighted by Crippen LogP contribution is 2.35. The summed E-state index contributed by atoms with van der Waals surface area (Å²) in [4.78, 5) is 14.5. The number of halogens is 2. The fourth-order valence-corrected chi connectivity index (χ4v) is 4.32. The lowest BCUT2D eigenvalue weighted by atomic mass is 9.92. The van der Waals surface area contributed by atoms with E-state index in [-0.39, 0.29) is 12.1 Å². The maximum atomic E-state index is 12.8. The number of hydrogen-bond acceptors (Lipinski definition) is 3. The average Bonchev–Trinajstić information content (AvgIpc) is 2.58. The van der Waals surface area contributed by atoms with Crippen LogP contribution < -0.4 is 10.0 Å². The van der Waals surface area contributed by atoms with Crippen LogP contribution in [0.5, 0.6) is 0 Å². The van der Waals surface area contributed by atoms with Crippen LogP contribution in [0.25, 0.3) is 0 Å². The maximum Gasteiger partial charge on any atom is 0.322 e. The molecular formula is C18H19Cl2N3O3S. The Morgan fingerprint density at radius 3 is 2.41 bits per heavy atom. The summed E-state index contributed by atoms with van der Waals surface area (Å²) in [5, 5.41) is 3.50. The van der Waals surface area contributed by atoms with Crippen LogP contribution >= 0.6 is 23.2 Å². The van der Waals surface area contributed by atoms with Gasteiger partial charge in [-0.1, -0.05) is 41.4 Å². The van der Waals surface area contributed by atoms with E-state index >= 15 is 0 Å². The first-order valence-electron chi connectivity index (χ1n) is 8.28. The van der Waals surface area contributed by atoms with Gasteiger partial charge in [-0.05, 0) is 42.7 Å². The Hall–Kier alpha value is -1.96. The molecule has 2 aromatic rings. The standard InChI is InChI=1S/C18H19Cl2N3O3S/c1-11-12-5-3-8-16(22-27(2,25)26)13(12)9-10-23(11)18(24)21-17-14(19)6-4-7-15(17)20/h3-8,11,22H,9-10H2,1-2H3,(H,21,24)/t11-/m0/s1. The fraction of sp³-hybridized carbons (Fsp3) is 0.278. The lowest BCUT2D eigenvalue weighted by Gasteiger charge is -2.36. The zero-order valence-electron chi connectivity index (χ0n) is 14.8. The predicted octanol–water partition coefficient (Wildman–Crippen LogP) is 4.52. The molecule has 0 fully saturated rings. The third-order valence-corrected chi connectivity index (χ3v) is 5.70. The summed E-state index contributed by atoms with van der Waals surface area (Å²) in [5.41, 5.74) is 2.72. The lowest BCUT2D eigenvalue weighted by molar-refractivity contribution is 0.188. The first kappa shape index (κ1) is 19.8. The van der Waals surface area contributed by atoms with Gasteiger partial charge in [0.15, 0.2) is 0 Å². The van der Waals surface area contributed by atoms with Crippen molar-refractivity contribution in [3.8, 4) is 0 Å². The number of nitrogens with zero attached hydrogens (tertiary/aromatic N) is 1. The Balaban J connectivity index is 1.86. The van der Waals surface area contributed by atoms with Gasteiger partial charge in [-0.2, -0.15) is 0 Å². The van der Waals surface area contributed by atoms with Crippen molar-refractivity contribution in [2.75, 3.05) is 22.8 Å². The van der Waals surface area contributed by atoms with Gasteiger partial charge in [0.05, 0.1) is 33.7 Å². The first-order chi connectivity index (χ1) is 12.7. The zero-order valence-corrected chi connectivity index (χ0v) is 17.1. The van der Waals surface area contributed by atoms with Crippen molar-refractivity contribution in [2.45, 2.75) is 19.4 Å². The van der Waals surface area contributed by atoms with Crippen molar-refractivity contribution in [3.05, 3.63) is 57.6 Å². The highest BCUT2D eigenvalue weighted by molar-refractivity contribution is 7.92. The summed E-state index contributed by atoms with van der Waals surface area (Å²) in [6, 6.07) is 9.86. The van der Waals surface area contributed by atoms with Gasteiger partial charge >= 0.3 is 6.03 Å². The van der Waals surface area contributed by atoms with E-state index in [1.807, 2.05) is 13.0 Å². The van der Waals surface area contributed by atoms with Crippen molar-refractivity contribution in [1.29, 1.82) is 0 Å². The molecule has 1 atom stereocenters. The summed E-state index contributed by atoms with van der Waals surface area (Å²) in [7, 11) is -3.38. The number of rotatable bonds is 3. The maximum absolute atomic E-state index is 12.8. The van der Waals surface area contributed by atoms with Gasteiger partial charge in [0, 0.05) is 6.54 Å². The monoisotopic (exact) mass is 427 g/mol. The highest BCUT2D eigenvalue weighted by Gasteiger charge is 2.30. The number of hydrogen-bond donors (Lipinski definition) is 2. The zero-order chi connectivity index (χ0) is 19.8. The molecule has 0 aliphatic carbocycles. The topological polar surface area (TPSA) is 78.5 Å². The van der Waals surface area contributed by atoms with E-state index < -0.39 is 10.0 Å². The Morgan fingerprint density at radius 1 is 1.15 bits per heavy atom. The minimum absolute atomic E-state index is 0.240. The van der Waals surface area contributed by atoms with Crippen LogP contribution in [0.15, 0.2) is 36.4 Å². The number of fused-ring (bicyclic) bond motifs is 1. The second-order valence-corrected chi connectivity index (χ2v) is 8.96. The summed E-state index contributed by atoms with van der Waals surface area (Å²) in [5.74, 6) is 0. The van der Waals surface area contributed by atoms with Gasteiger partial charge in [0.2, 0.25) is 10.0 Å². The number of benzene rings is 2. The Kier molecular flexibility index (Phi) is 5.55. The number of amides is 2. The van der Waals surface area contributed by atoms with Gasteiger partial charge in [0.1, 0.15) is 0 Å². The van der Waals surface area contributed by atoms with Gasteiger partial charge in [-0.3, -0.25) is 4.72 Å². The molecule has 0 saturated carbocycles. The van der Waals surface area contributed by atoms with Gasteiger partial charge in [0.25, 0.3) is 0 Å². The van der Waals surface area contributed by atoms with Gasteiger partial charge in [-0.25, -0.2) is 13.2 Å². The molecule has 6 nitrogen and oxygen atoms in total. The number of urea groups is 1. The van der Waals surface area contributed by atoms with Crippen LogP contribution in [0.2, 0.25) is 10.0 Å². The van der Waals surface area contributed by atoms with Crippen LogP contribution in [0.1, 0.15) is 24.1 Å². The number of carbonyl (C=O) groups excluding carboxylic acids is 1. The normalized spacial score (nSPS) is 16.6. The Morgan fingerprint density at radius 2 is 1.78 bits per heavy atom. The van der Waals surface area contributed by atoms with Gasteiger partial charge in [-0.15, -0.1) is 0 Å². The van der Waals surface area contributed by atoms with E-state index in [2.05, 4.69) is 10.0 Å². The number of sulfonamides is 1. The van der Waals surface area contributed by atoms with Crippen molar-refractivity contribution < 1.29 is 13.2 Å². The van der Waals surface area contributed by atoms with E-state index in [0.717, 1.165) is 17.4 Å². The van der Waals surface area contributed by atoms with Crippen molar-refractivity contribution in [2.24, 2.45) is 0 Å². The minimum Gasteiger partial charge on any atom is -0.317 e. The molecule has 0 spiro atoms. The molecule has 27 heavy (non-hydrogen) atoms. The quantitative estimate of drug-likeness (QED) is 0.755. The highest BCUT2D eigenvalue weighted by atomic mass is 35.5. The summed E-state index contributed by atoms with van der Waals surface area (Å²) < 4.78 is 25.7. The third kappa shape index (κ3) is 4.31. The van der Waals surface area contributed by atoms with E-state index in [0.29, 0.717) is 34.4 Å². The smallest absolute Gasteiger partial charge is 0.317 e. The molecule has 0 saturated heterocycles. The molecule has 0 radical (unpaired) electrons. The number of anilines is 2. The Labute approximate surface area is 168 Å². The molecule has 9 heteroatoms. The molecule has 1 aliphatic heterocycles. The van der Waals surface area contributed by atoms with Gasteiger partial charge < -0.3 is 10.2 Å². The molecule has 1 heterocycles. The molecule has 2 aromatic carbocycles. The molecule has 3 rings (SSSR count). The summed E-state index contributed by atoms with van der Waals surface area (Å²) in [6.45, 7) is 2.33. The number of para-hydroxylation sites is 1. The van der Waals surface area contributed by atoms with E-state index in [4.69, 9.17) is 23.2 Å². The number of carbonyl (C=O) groups is 1. The molecule has 1 aliphatic rings. The molecule has 0 unspecified atom stereocenters. The summed E-state index contributed by atoms with van der Waals surface area (Å²) in [6.07, 6.45) is 1.65. The van der Waals surface area contributed by atoms with E-state index in [9.17, 15) is 13.2 Å². The lowest BCUT2D eigenvalue weighted by Crippen LogP contribution is -2.41. The Bertz CT molecular complexity index is 975. The summed E-state index contributed by atoms with van der Waals surface area (Å²) >= 11 is 12.3. The molecule has 2 N–H and O–H groups in total. The van der Waals surface area contributed by atoms with Crippen LogP contribution in [-0.4, -0.2) is 32.1 Å². The minimum atomic E-state index is -3.38. The van der Waals surface area contributed by atoms with Crippen LogP contribution in [0.3, 0.4) is 0 Å². The molecular weight excluding hydrogens is 409 g/mol. The van der Waals surface area contributed by atoms with Crippen molar-refractivity contribution >= 4 is 50.6 Å². The van der Waals surface area contributed by atoms with Crippen LogP contribution in [-0.2, 0) is 16.4 Å². The average molecular weight is 428 g/mol. The first-order valence-corrected chi connectivity index (χ1v) is 10.9.